The van der Waals surface area contributed by atoms with Crippen LogP contribution in [0.15, 0.2) is 18.2 Å². The van der Waals surface area contributed by atoms with E-state index in [-0.39, 0.29) is 17.7 Å². The summed E-state index contributed by atoms with van der Waals surface area (Å²) in [6.07, 6.45) is 0.186. The van der Waals surface area contributed by atoms with Crippen molar-refractivity contribution < 1.29 is 24.2 Å². The molecule has 0 bridgehead atoms. The molecule has 0 radical (unpaired) electrons. The molecule has 0 amide bonds. The van der Waals surface area contributed by atoms with Gasteiger partial charge in [-0.2, -0.15) is 0 Å². The molecule has 6 nitrogen and oxygen atoms in total. The first-order valence-corrected chi connectivity index (χ1v) is 7.82. The zero-order valence-electron chi connectivity index (χ0n) is 15.2. The highest BCUT2D eigenvalue weighted by Crippen LogP contribution is 2.23. The first-order valence-electron chi connectivity index (χ1n) is 7.82. The Kier molecular flexibility index (Phi) is 6.00. The third kappa shape index (κ3) is 6.58. The lowest BCUT2D eigenvalue weighted by atomic mass is 10.0. The third-order valence-electron chi connectivity index (χ3n) is 2.84. The van der Waals surface area contributed by atoms with E-state index in [1.165, 1.54) is 12.1 Å². The van der Waals surface area contributed by atoms with Crippen LogP contribution in [0.1, 0.15) is 57.5 Å². The number of carbonyl (C=O) groups excluding carboxylic acids is 2. The molecular weight excluding hydrogens is 310 g/mol. The number of rotatable bonds is 4. The molecule has 134 valence electrons. The van der Waals surface area contributed by atoms with Crippen LogP contribution in [-0.4, -0.2) is 34.3 Å². The van der Waals surface area contributed by atoms with E-state index in [0.29, 0.717) is 5.56 Å². The van der Waals surface area contributed by atoms with Crippen molar-refractivity contribution in [1.29, 1.82) is 0 Å². The van der Waals surface area contributed by atoms with Crippen LogP contribution in [0.2, 0.25) is 0 Å². The lowest BCUT2D eigenvalue weighted by Gasteiger charge is -2.22. The van der Waals surface area contributed by atoms with Crippen LogP contribution < -0.4 is 5.73 Å². The molecular formula is C18H27NO5. The molecule has 1 rings (SSSR count). The summed E-state index contributed by atoms with van der Waals surface area (Å²) >= 11 is 0. The van der Waals surface area contributed by atoms with Crippen LogP contribution in [0.25, 0.3) is 0 Å². The summed E-state index contributed by atoms with van der Waals surface area (Å²) in [5.41, 5.74) is 5.25. The molecule has 24 heavy (non-hydrogen) atoms. The SMILES string of the molecule is CC(C)(C)OC(=O)c1cc(C[C@H](N)C(=O)OC(C)(C)C)ccc1O. The predicted octanol–water partition coefficient (Wildman–Crippen LogP) is 2.56. The van der Waals surface area contributed by atoms with Crippen molar-refractivity contribution in [1.82, 2.24) is 0 Å². The van der Waals surface area contributed by atoms with Crippen LogP contribution >= 0.6 is 0 Å². The molecule has 0 heterocycles. The second kappa shape index (κ2) is 7.21. The summed E-state index contributed by atoms with van der Waals surface area (Å²) in [4.78, 5) is 24.1. The molecule has 0 aliphatic carbocycles. The highest BCUT2D eigenvalue weighted by atomic mass is 16.6. The van der Waals surface area contributed by atoms with Gasteiger partial charge in [0.1, 0.15) is 28.6 Å². The summed E-state index contributed by atoms with van der Waals surface area (Å²) in [5, 5.41) is 9.87. The second-order valence-electron chi connectivity index (χ2n) is 7.70. The van der Waals surface area contributed by atoms with Crippen molar-refractivity contribution in [3.8, 4) is 5.75 Å². The summed E-state index contributed by atoms with van der Waals surface area (Å²) in [7, 11) is 0. The average molecular weight is 337 g/mol. The van der Waals surface area contributed by atoms with Gasteiger partial charge in [0.05, 0.1) is 0 Å². The van der Waals surface area contributed by atoms with E-state index in [2.05, 4.69) is 0 Å². The molecule has 0 aliphatic rings. The molecule has 0 fully saturated rings. The molecule has 0 aromatic heterocycles. The van der Waals surface area contributed by atoms with Crippen LogP contribution in [0.5, 0.6) is 5.75 Å². The van der Waals surface area contributed by atoms with Crippen molar-refractivity contribution in [3.63, 3.8) is 0 Å². The van der Waals surface area contributed by atoms with E-state index in [1.807, 2.05) is 0 Å². The van der Waals surface area contributed by atoms with E-state index >= 15 is 0 Å². The Morgan fingerprint density at radius 3 is 2.12 bits per heavy atom. The molecule has 1 aromatic rings. The topological polar surface area (TPSA) is 98.9 Å². The van der Waals surface area contributed by atoms with Gasteiger partial charge in [0.2, 0.25) is 0 Å². The maximum absolute atomic E-state index is 12.1. The highest BCUT2D eigenvalue weighted by Gasteiger charge is 2.24. The first kappa shape index (κ1) is 20.0. The van der Waals surface area contributed by atoms with Gasteiger partial charge >= 0.3 is 11.9 Å². The second-order valence-corrected chi connectivity index (χ2v) is 7.70. The number of hydrogen-bond donors (Lipinski definition) is 2. The van der Waals surface area contributed by atoms with Gasteiger partial charge in [-0.25, -0.2) is 4.79 Å². The maximum atomic E-state index is 12.1. The molecule has 1 aromatic carbocycles. The Balaban J connectivity index is 2.89. The predicted molar refractivity (Wildman–Crippen MR) is 90.8 cm³/mol. The molecule has 3 N–H and O–H groups in total. The van der Waals surface area contributed by atoms with Gasteiger partial charge in [-0.1, -0.05) is 6.07 Å². The molecule has 0 saturated heterocycles. The molecule has 0 saturated carbocycles. The number of hydrogen-bond acceptors (Lipinski definition) is 6. The Morgan fingerprint density at radius 2 is 1.62 bits per heavy atom. The minimum absolute atomic E-state index is 0.0406. The zero-order valence-corrected chi connectivity index (χ0v) is 15.2. The lowest BCUT2D eigenvalue weighted by molar-refractivity contribution is -0.156. The van der Waals surface area contributed by atoms with Gasteiger partial charge in [0, 0.05) is 0 Å². The van der Waals surface area contributed by atoms with Crippen LogP contribution in [0.4, 0.5) is 0 Å². The van der Waals surface area contributed by atoms with Crippen LogP contribution in [0.3, 0.4) is 0 Å². The number of esters is 2. The van der Waals surface area contributed by atoms with E-state index in [9.17, 15) is 14.7 Å². The number of phenolic OH excluding ortho intramolecular Hbond substituents is 1. The average Bonchev–Trinajstić information content (AvgIpc) is 2.36. The number of ether oxygens (including phenoxy) is 2. The normalized spacial score (nSPS) is 13.3. The Bertz CT molecular complexity index is 611. The smallest absolute Gasteiger partial charge is 0.342 e. The van der Waals surface area contributed by atoms with Crippen molar-refractivity contribution in [2.24, 2.45) is 5.73 Å². The fraction of sp³-hybridized carbons (Fsp3) is 0.556. The number of benzene rings is 1. The molecule has 0 unspecified atom stereocenters. The maximum Gasteiger partial charge on any atom is 0.342 e. The van der Waals surface area contributed by atoms with Gasteiger partial charge in [-0.15, -0.1) is 0 Å². The summed E-state index contributed by atoms with van der Waals surface area (Å²) in [5.74, 6) is -1.33. The van der Waals surface area contributed by atoms with Gasteiger partial charge in [-0.05, 0) is 65.7 Å². The van der Waals surface area contributed by atoms with E-state index < -0.39 is 29.2 Å². The van der Waals surface area contributed by atoms with Gasteiger partial charge in [0.25, 0.3) is 0 Å². The van der Waals surface area contributed by atoms with Crippen molar-refractivity contribution in [3.05, 3.63) is 29.3 Å². The van der Waals surface area contributed by atoms with Gasteiger partial charge in [-0.3, -0.25) is 4.79 Å². The summed E-state index contributed by atoms with van der Waals surface area (Å²) in [6, 6.07) is 3.61. The summed E-state index contributed by atoms with van der Waals surface area (Å²) < 4.78 is 10.5. The minimum atomic E-state index is -0.861. The van der Waals surface area contributed by atoms with E-state index in [1.54, 1.807) is 47.6 Å². The van der Waals surface area contributed by atoms with Crippen LogP contribution in [-0.2, 0) is 20.7 Å². The zero-order chi connectivity index (χ0) is 18.7. The van der Waals surface area contributed by atoms with Crippen molar-refractivity contribution >= 4 is 11.9 Å². The summed E-state index contributed by atoms with van der Waals surface area (Å²) in [6.45, 7) is 10.5. The third-order valence-corrected chi connectivity index (χ3v) is 2.84. The standard InChI is InChI=1S/C18H27NO5/c1-17(2,3)23-15(21)12-9-11(7-8-14(12)20)10-13(19)16(22)24-18(4,5)6/h7-9,13,20H,10,19H2,1-6H3/t13-/m0/s1. The minimum Gasteiger partial charge on any atom is -0.507 e. The fourth-order valence-electron chi connectivity index (χ4n) is 1.92. The molecule has 0 aliphatic heterocycles. The molecule has 1 atom stereocenters. The fourth-order valence-corrected chi connectivity index (χ4v) is 1.92. The largest absolute Gasteiger partial charge is 0.507 e. The number of phenols is 1. The molecule has 6 heteroatoms. The van der Waals surface area contributed by atoms with Crippen molar-refractivity contribution in [2.75, 3.05) is 0 Å². The Labute approximate surface area is 142 Å². The van der Waals surface area contributed by atoms with E-state index in [4.69, 9.17) is 15.2 Å². The van der Waals surface area contributed by atoms with Gasteiger partial charge in [0.15, 0.2) is 0 Å². The monoisotopic (exact) mass is 337 g/mol. The highest BCUT2D eigenvalue weighted by molar-refractivity contribution is 5.93. The van der Waals surface area contributed by atoms with Crippen molar-refractivity contribution in [2.45, 2.75) is 65.2 Å². The first-order chi connectivity index (χ1) is 10.8. The number of carbonyl (C=O) groups is 2. The van der Waals surface area contributed by atoms with Gasteiger partial charge < -0.3 is 20.3 Å². The number of nitrogens with two attached hydrogens (primary N) is 1. The Hall–Kier alpha value is -2.08. The molecule has 0 spiro atoms. The lowest BCUT2D eigenvalue weighted by Crippen LogP contribution is -2.38. The quantitative estimate of drug-likeness (QED) is 0.819. The Morgan fingerprint density at radius 1 is 1.08 bits per heavy atom. The van der Waals surface area contributed by atoms with Crippen LogP contribution in [0, 0.1) is 0 Å². The number of aromatic hydroxyl groups is 1. The van der Waals surface area contributed by atoms with E-state index in [0.717, 1.165) is 0 Å².